The van der Waals surface area contributed by atoms with Crippen molar-refractivity contribution in [2.24, 2.45) is 5.14 Å². The SMILES string of the molecule is Cc1nc(NC(=O)c2c(F)cccc2F)sc1S(N)(=O)=O. The van der Waals surface area contributed by atoms with Gasteiger partial charge in [0.25, 0.3) is 5.91 Å². The van der Waals surface area contributed by atoms with Crippen LogP contribution < -0.4 is 10.5 Å². The monoisotopic (exact) mass is 333 g/mol. The first-order chi connectivity index (χ1) is 9.70. The van der Waals surface area contributed by atoms with Crippen LogP contribution in [0.5, 0.6) is 0 Å². The fourth-order valence-electron chi connectivity index (χ4n) is 1.57. The molecule has 1 heterocycles. The first-order valence-electron chi connectivity index (χ1n) is 5.45. The van der Waals surface area contributed by atoms with Gasteiger partial charge in [-0.05, 0) is 19.1 Å². The number of benzene rings is 1. The number of halogens is 2. The molecule has 6 nitrogen and oxygen atoms in total. The topological polar surface area (TPSA) is 102 Å². The summed E-state index contributed by atoms with van der Waals surface area (Å²) in [4.78, 5) is 15.6. The van der Waals surface area contributed by atoms with Gasteiger partial charge in [0.2, 0.25) is 10.0 Å². The average Bonchev–Trinajstić information content (AvgIpc) is 2.69. The van der Waals surface area contributed by atoms with Crippen LogP contribution in [0.2, 0.25) is 0 Å². The molecule has 112 valence electrons. The predicted octanol–water partition coefficient (Wildman–Crippen LogP) is 1.63. The van der Waals surface area contributed by atoms with E-state index in [0.717, 1.165) is 18.2 Å². The number of anilines is 1. The van der Waals surface area contributed by atoms with Gasteiger partial charge in [-0.2, -0.15) is 0 Å². The maximum Gasteiger partial charge on any atom is 0.263 e. The van der Waals surface area contributed by atoms with Crippen molar-refractivity contribution in [1.29, 1.82) is 0 Å². The van der Waals surface area contributed by atoms with Crippen LogP contribution in [-0.2, 0) is 10.0 Å². The molecular formula is C11H9F2N3O3S2. The van der Waals surface area contributed by atoms with Crippen molar-refractivity contribution < 1.29 is 22.0 Å². The number of primary sulfonamides is 1. The van der Waals surface area contributed by atoms with Gasteiger partial charge in [0.1, 0.15) is 17.2 Å². The standard InChI is InChI=1S/C11H9F2N3O3S2/c1-5-10(21(14,18)19)20-11(15-5)16-9(17)8-6(12)3-2-4-7(8)13/h2-4H,1H3,(H2,14,18,19)(H,15,16,17). The van der Waals surface area contributed by atoms with Crippen molar-refractivity contribution in [3.63, 3.8) is 0 Å². The van der Waals surface area contributed by atoms with E-state index in [2.05, 4.69) is 10.3 Å². The van der Waals surface area contributed by atoms with Crippen molar-refractivity contribution in [2.45, 2.75) is 11.1 Å². The molecular weight excluding hydrogens is 324 g/mol. The first kappa shape index (κ1) is 15.5. The third kappa shape index (κ3) is 3.23. The molecule has 0 aliphatic carbocycles. The van der Waals surface area contributed by atoms with E-state index in [9.17, 15) is 22.0 Å². The van der Waals surface area contributed by atoms with Gasteiger partial charge in [-0.3, -0.25) is 10.1 Å². The third-order valence-electron chi connectivity index (χ3n) is 2.42. The van der Waals surface area contributed by atoms with Gasteiger partial charge < -0.3 is 0 Å². The van der Waals surface area contributed by atoms with Crippen molar-refractivity contribution in [2.75, 3.05) is 5.32 Å². The van der Waals surface area contributed by atoms with E-state index in [0.29, 0.717) is 11.3 Å². The maximum absolute atomic E-state index is 13.4. The van der Waals surface area contributed by atoms with Crippen LogP contribution in [0.4, 0.5) is 13.9 Å². The minimum atomic E-state index is -3.97. The van der Waals surface area contributed by atoms with Gasteiger partial charge in [0, 0.05) is 0 Å². The Bertz CT molecular complexity index is 798. The summed E-state index contributed by atoms with van der Waals surface area (Å²) in [6.07, 6.45) is 0. The second-order valence-corrected chi connectivity index (χ2v) is 6.74. The molecule has 0 spiro atoms. The Morgan fingerprint density at radius 3 is 2.38 bits per heavy atom. The summed E-state index contributed by atoms with van der Waals surface area (Å²) in [5, 5.41) is 6.99. The predicted molar refractivity (Wildman–Crippen MR) is 72.5 cm³/mol. The van der Waals surface area contributed by atoms with Gasteiger partial charge in [0.15, 0.2) is 9.34 Å². The highest BCUT2D eigenvalue weighted by Gasteiger charge is 2.21. The van der Waals surface area contributed by atoms with Gasteiger partial charge in [-0.15, -0.1) is 0 Å². The van der Waals surface area contributed by atoms with Gasteiger partial charge >= 0.3 is 0 Å². The maximum atomic E-state index is 13.4. The normalized spacial score (nSPS) is 11.4. The molecule has 10 heteroatoms. The van der Waals surface area contributed by atoms with E-state index < -0.39 is 33.1 Å². The van der Waals surface area contributed by atoms with Crippen LogP contribution in [0.25, 0.3) is 0 Å². The molecule has 3 N–H and O–H groups in total. The van der Waals surface area contributed by atoms with Gasteiger partial charge in [0.05, 0.1) is 5.69 Å². The molecule has 1 aromatic carbocycles. The molecule has 0 unspecified atom stereocenters. The molecule has 0 saturated carbocycles. The molecule has 0 atom stereocenters. The lowest BCUT2D eigenvalue weighted by Crippen LogP contribution is -2.15. The van der Waals surface area contributed by atoms with Crippen LogP contribution in [-0.4, -0.2) is 19.3 Å². The summed E-state index contributed by atoms with van der Waals surface area (Å²) in [6.45, 7) is 1.38. The highest BCUT2D eigenvalue weighted by atomic mass is 32.2. The van der Waals surface area contributed by atoms with Crippen molar-refractivity contribution in [1.82, 2.24) is 4.98 Å². The van der Waals surface area contributed by atoms with E-state index in [1.807, 2.05) is 0 Å². The summed E-state index contributed by atoms with van der Waals surface area (Å²) in [5.41, 5.74) is -0.686. The first-order valence-corrected chi connectivity index (χ1v) is 7.82. The van der Waals surface area contributed by atoms with E-state index in [1.165, 1.54) is 6.92 Å². The Balaban J connectivity index is 2.33. The fraction of sp³-hybridized carbons (Fsp3) is 0.0909. The van der Waals surface area contributed by atoms with Crippen LogP contribution in [0.3, 0.4) is 0 Å². The zero-order valence-electron chi connectivity index (χ0n) is 10.6. The van der Waals surface area contributed by atoms with E-state index in [4.69, 9.17) is 5.14 Å². The van der Waals surface area contributed by atoms with Crippen molar-refractivity contribution in [3.05, 3.63) is 41.1 Å². The molecule has 2 rings (SSSR count). The number of thiazole rings is 1. The zero-order valence-corrected chi connectivity index (χ0v) is 12.2. The average molecular weight is 333 g/mol. The van der Waals surface area contributed by atoms with Crippen LogP contribution in [0, 0.1) is 18.6 Å². The summed E-state index contributed by atoms with van der Waals surface area (Å²) in [5.74, 6) is -3.14. The molecule has 0 bridgehead atoms. The lowest BCUT2D eigenvalue weighted by atomic mass is 10.2. The number of rotatable bonds is 3. The highest BCUT2D eigenvalue weighted by molar-refractivity contribution is 7.91. The Kier molecular flexibility index (Phi) is 4.03. The second-order valence-electron chi connectivity index (χ2n) is 3.99. The summed E-state index contributed by atoms with van der Waals surface area (Å²) < 4.78 is 49.2. The minimum absolute atomic E-state index is 0.0896. The number of aryl methyl sites for hydroxylation is 1. The smallest absolute Gasteiger partial charge is 0.263 e. The molecule has 0 aliphatic heterocycles. The number of sulfonamides is 1. The fourth-order valence-corrected chi connectivity index (χ4v) is 3.43. The van der Waals surface area contributed by atoms with Crippen molar-refractivity contribution in [3.8, 4) is 0 Å². The summed E-state index contributed by atoms with van der Waals surface area (Å²) in [6, 6.07) is 2.98. The van der Waals surface area contributed by atoms with Crippen LogP contribution >= 0.6 is 11.3 Å². The molecule has 21 heavy (non-hydrogen) atoms. The Hall–Kier alpha value is -1.91. The number of amides is 1. The number of nitrogens with two attached hydrogens (primary N) is 1. The van der Waals surface area contributed by atoms with Gasteiger partial charge in [-0.25, -0.2) is 27.3 Å². The minimum Gasteiger partial charge on any atom is -0.298 e. The quantitative estimate of drug-likeness (QED) is 0.891. The molecule has 1 amide bonds. The van der Waals surface area contributed by atoms with Crippen molar-refractivity contribution >= 4 is 32.4 Å². The van der Waals surface area contributed by atoms with E-state index >= 15 is 0 Å². The largest absolute Gasteiger partial charge is 0.298 e. The molecule has 1 aromatic heterocycles. The van der Waals surface area contributed by atoms with Crippen LogP contribution in [0.1, 0.15) is 16.1 Å². The second kappa shape index (κ2) is 5.47. The summed E-state index contributed by atoms with van der Waals surface area (Å²) >= 11 is 0.600. The number of nitrogens with one attached hydrogen (secondary N) is 1. The third-order valence-corrected chi connectivity index (χ3v) is 5.05. The van der Waals surface area contributed by atoms with E-state index in [-0.39, 0.29) is 15.0 Å². The van der Waals surface area contributed by atoms with Crippen LogP contribution in [0.15, 0.2) is 22.4 Å². The number of hydrogen-bond donors (Lipinski definition) is 2. The molecule has 0 radical (unpaired) electrons. The zero-order chi connectivity index (χ0) is 15.8. The number of carbonyl (C=O) groups excluding carboxylic acids is 1. The molecule has 0 fully saturated rings. The molecule has 0 aliphatic rings. The number of aromatic nitrogens is 1. The highest BCUT2D eigenvalue weighted by Crippen LogP contribution is 2.26. The Labute approximate surface area is 122 Å². The lowest BCUT2D eigenvalue weighted by Gasteiger charge is -2.03. The lowest BCUT2D eigenvalue weighted by molar-refractivity contribution is 0.101. The summed E-state index contributed by atoms with van der Waals surface area (Å²) in [7, 11) is -3.97. The number of carbonyl (C=O) groups is 1. The number of nitrogens with zero attached hydrogens (tertiary/aromatic N) is 1. The molecule has 2 aromatic rings. The Morgan fingerprint density at radius 2 is 1.90 bits per heavy atom. The van der Waals surface area contributed by atoms with E-state index in [1.54, 1.807) is 0 Å². The molecule has 0 saturated heterocycles. The number of hydrogen-bond acceptors (Lipinski definition) is 5. The van der Waals surface area contributed by atoms with Gasteiger partial charge in [-0.1, -0.05) is 17.4 Å². The Morgan fingerprint density at radius 1 is 1.33 bits per heavy atom.